The molecule has 31 heavy (non-hydrogen) atoms. The van der Waals surface area contributed by atoms with Crippen molar-refractivity contribution < 1.29 is 4.79 Å². The molecule has 1 N–H and O–H groups in total. The van der Waals surface area contributed by atoms with E-state index >= 15 is 0 Å². The van der Waals surface area contributed by atoms with Crippen molar-refractivity contribution in [1.29, 1.82) is 0 Å². The van der Waals surface area contributed by atoms with Gasteiger partial charge in [0.15, 0.2) is 5.16 Å². The van der Waals surface area contributed by atoms with E-state index < -0.39 is 0 Å². The Balaban J connectivity index is 1.51. The summed E-state index contributed by atoms with van der Waals surface area (Å²) < 4.78 is 1.51. The zero-order chi connectivity index (χ0) is 22.0. The Labute approximate surface area is 193 Å². The van der Waals surface area contributed by atoms with Gasteiger partial charge in [-0.1, -0.05) is 65.8 Å². The van der Waals surface area contributed by atoms with E-state index in [0.717, 1.165) is 16.7 Å². The summed E-state index contributed by atoms with van der Waals surface area (Å²) in [7, 11) is 1.69. The molecule has 0 aliphatic rings. The molecule has 0 saturated carbocycles. The van der Waals surface area contributed by atoms with E-state index in [9.17, 15) is 9.59 Å². The quantitative estimate of drug-likeness (QED) is 0.308. The van der Waals surface area contributed by atoms with E-state index in [4.69, 9.17) is 11.6 Å². The normalized spacial score (nSPS) is 12.1. The molecule has 8 heteroatoms. The molecule has 0 fully saturated rings. The molecule has 1 amide bonds. The van der Waals surface area contributed by atoms with Crippen LogP contribution in [0.5, 0.6) is 0 Å². The molecule has 4 rings (SSSR count). The lowest BCUT2D eigenvalue weighted by Gasteiger charge is -2.15. The van der Waals surface area contributed by atoms with Crippen LogP contribution < -0.4 is 10.9 Å². The van der Waals surface area contributed by atoms with E-state index in [1.807, 2.05) is 60.8 Å². The minimum atomic E-state index is -0.170. The molecule has 0 bridgehead atoms. The van der Waals surface area contributed by atoms with Crippen LogP contribution in [0.15, 0.2) is 69.9 Å². The molecule has 0 spiro atoms. The standard InChI is InChI=1S/C23H20ClN3O2S2/c1-14(16-9-6-10-17(24)11-16)25-19(28)13-31-23-26-21-20(22(29)27(23)2)18(12-30-21)15-7-4-3-5-8-15/h3-12,14H,13H2,1-2H3,(H,25,28). The predicted octanol–water partition coefficient (Wildman–Crippen LogP) is 5.28. The van der Waals surface area contributed by atoms with Gasteiger partial charge in [-0.2, -0.15) is 0 Å². The zero-order valence-corrected chi connectivity index (χ0v) is 19.4. The highest BCUT2D eigenvalue weighted by Gasteiger charge is 2.17. The van der Waals surface area contributed by atoms with Gasteiger partial charge in [-0.05, 0) is 30.2 Å². The molecular formula is C23H20ClN3O2S2. The van der Waals surface area contributed by atoms with Gasteiger partial charge in [0.05, 0.1) is 17.2 Å². The number of halogens is 1. The highest BCUT2D eigenvalue weighted by molar-refractivity contribution is 7.99. The summed E-state index contributed by atoms with van der Waals surface area (Å²) in [4.78, 5) is 30.8. The monoisotopic (exact) mass is 469 g/mol. The van der Waals surface area contributed by atoms with Gasteiger partial charge in [-0.25, -0.2) is 4.98 Å². The second-order valence-electron chi connectivity index (χ2n) is 7.09. The van der Waals surface area contributed by atoms with E-state index in [0.29, 0.717) is 20.4 Å². The average molecular weight is 470 g/mol. The maximum atomic E-state index is 13.0. The number of carbonyl (C=O) groups is 1. The molecule has 2 aromatic heterocycles. The third-order valence-electron chi connectivity index (χ3n) is 4.92. The highest BCUT2D eigenvalue weighted by Crippen LogP contribution is 2.31. The SMILES string of the molecule is CC(NC(=O)CSc1nc2scc(-c3ccccc3)c2c(=O)n1C)c1cccc(Cl)c1. The van der Waals surface area contributed by atoms with Crippen molar-refractivity contribution in [2.75, 3.05) is 5.75 Å². The highest BCUT2D eigenvalue weighted by atomic mass is 35.5. The van der Waals surface area contributed by atoms with Crippen molar-refractivity contribution in [2.45, 2.75) is 18.1 Å². The van der Waals surface area contributed by atoms with Crippen LogP contribution in [-0.2, 0) is 11.8 Å². The van der Waals surface area contributed by atoms with Crippen molar-refractivity contribution in [2.24, 2.45) is 7.05 Å². The van der Waals surface area contributed by atoms with Crippen LogP contribution in [0.2, 0.25) is 5.02 Å². The van der Waals surface area contributed by atoms with E-state index in [2.05, 4.69) is 10.3 Å². The number of aromatic nitrogens is 2. The summed E-state index contributed by atoms with van der Waals surface area (Å²) in [6.45, 7) is 1.91. The van der Waals surface area contributed by atoms with Crippen LogP contribution in [0.4, 0.5) is 0 Å². The van der Waals surface area contributed by atoms with E-state index in [1.54, 1.807) is 13.1 Å². The minimum absolute atomic E-state index is 0.111. The fraction of sp³-hybridized carbons (Fsp3) is 0.174. The molecule has 5 nitrogen and oxygen atoms in total. The number of fused-ring (bicyclic) bond motifs is 1. The summed E-state index contributed by atoms with van der Waals surface area (Å²) >= 11 is 8.72. The molecular weight excluding hydrogens is 450 g/mol. The first kappa shape index (κ1) is 21.6. The zero-order valence-electron chi connectivity index (χ0n) is 17.0. The molecule has 158 valence electrons. The molecule has 0 aliphatic carbocycles. The number of nitrogens with one attached hydrogen (secondary N) is 1. The van der Waals surface area contributed by atoms with Crippen LogP contribution in [0, 0.1) is 0 Å². The van der Waals surface area contributed by atoms with Crippen molar-refractivity contribution in [3.8, 4) is 11.1 Å². The second-order valence-corrected chi connectivity index (χ2v) is 9.32. The van der Waals surface area contributed by atoms with Gasteiger partial charge in [0, 0.05) is 23.0 Å². The Bertz CT molecular complexity index is 1300. The van der Waals surface area contributed by atoms with Gasteiger partial charge in [-0.3, -0.25) is 14.2 Å². The smallest absolute Gasteiger partial charge is 0.263 e. The Hall–Kier alpha value is -2.61. The first-order valence-corrected chi connectivity index (χ1v) is 11.9. The van der Waals surface area contributed by atoms with Crippen LogP contribution in [-0.4, -0.2) is 21.2 Å². The number of amides is 1. The van der Waals surface area contributed by atoms with Crippen LogP contribution >= 0.6 is 34.7 Å². The number of nitrogens with zero attached hydrogens (tertiary/aromatic N) is 2. The van der Waals surface area contributed by atoms with Crippen LogP contribution in [0.25, 0.3) is 21.3 Å². The molecule has 0 aliphatic heterocycles. The molecule has 2 heterocycles. The number of thioether (sulfide) groups is 1. The molecule has 2 aromatic carbocycles. The summed E-state index contributed by atoms with van der Waals surface area (Å²) in [6, 6.07) is 17.0. The Morgan fingerprint density at radius 3 is 2.74 bits per heavy atom. The van der Waals surface area contributed by atoms with Gasteiger partial charge < -0.3 is 5.32 Å². The maximum absolute atomic E-state index is 13.0. The predicted molar refractivity (Wildman–Crippen MR) is 129 cm³/mol. The molecule has 1 atom stereocenters. The summed E-state index contributed by atoms with van der Waals surface area (Å²) in [5, 5.41) is 6.68. The van der Waals surface area contributed by atoms with Crippen molar-refractivity contribution in [1.82, 2.24) is 14.9 Å². The largest absolute Gasteiger partial charge is 0.349 e. The van der Waals surface area contributed by atoms with Crippen molar-refractivity contribution in [3.63, 3.8) is 0 Å². The van der Waals surface area contributed by atoms with Crippen LogP contribution in [0.3, 0.4) is 0 Å². The van der Waals surface area contributed by atoms with Gasteiger partial charge in [0.1, 0.15) is 4.83 Å². The lowest BCUT2D eigenvalue weighted by Crippen LogP contribution is -2.28. The van der Waals surface area contributed by atoms with Crippen molar-refractivity contribution >= 4 is 50.8 Å². The number of hydrogen-bond acceptors (Lipinski definition) is 5. The maximum Gasteiger partial charge on any atom is 0.263 e. The molecule has 1 unspecified atom stereocenters. The third-order valence-corrected chi connectivity index (χ3v) is 7.05. The summed E-state index contributed by atoms with van der Waals surface area (Å²) in [5.74, 6) is 0.0242. The van der Waals surface area contributed by atoms with E-state index in [1.165, 1.54) is 27.7 Å². The molecule has 0 saturated heterocycles. The third kappa shape index (κ3) is 4.69. The fourth-order valence-electron chi connectivity index (χ4n) is 3.28. The van der Waals surface area contributed by atoms with Gasteiger partial charge >= 0.3 is 0 Å². The first-order chi connectivity index (χ1) is 14.9. The Morgan fingerprint density at radius 1 is 1.23 bits per heavy atom. The van der Waals surface area contributed by atoms with E-state index in [-0.39, 0.29) is 23.3 Å². The lowest BCUT2D eigenvalue weighted by molar-refractivity contribution is -0.119. The van der Waals surface area contributed by atoms with Gasteiger partial charge in [0.25, 0.3) is 5.56 Å². The number of benzene rings is 2. The van der Waals surface area contributed by atoms with Crippen molar-refractivity contribution in [3.05, 3.63) is 80.9 Å². The summed E-state index contributed by atoms with van der Waals surface area (Å²) in [5.41, 5.74) is 2.70. The number of carbonyl (C=O) groups excluding carboxylic acids is 1. The Morgan fingerprint density at radius 2 is 2.00 bits per heavy atom. The number of thiophene rings is 1. The summed E-state index contributed by atoms with van der Waals surface area (Å²) in [6.07, 6.45) is 0. The van der Waals surface area contributed by atoms with Gasteiger partial charge in [-0.15, -0.1) is 11.3 Å². The fourth-order valence-corrected chi connectivity index (χ4v) is 5.26. The first-order valence-electron chi connectivity index (χ1n) is 9.65. The minimum Gasteiger partial charge on any atom is -0.349 e. The van der Waals surface area contributed by atoms with Gasteiger partial charge in [0.2, 0.25) is 5.91 Å². The second kappa shape index (κ2) is 9.26. The topological polar surface area (TPSA) is 64.0 Å². The Kier molecular flexibility index (Phi) is 6.46. The lowest BCUT2D eigenvalue weighted by atomic mass is 10.1. The molecule has 0 radical (unpaired) electrons. The average Bonchev–Trinajstić information content (AvgIpc) is 3.20. The molecule has 4 aromatic rings. The van der Waals surface area contributed by atoms with Crippen LogP contribution in [0.1, 0.15) is 18.5 Å². The number of rotatable bonds is 6. The number of hydrogen-bond donors (Lipinski definition) is 1.